The lowest BCUT2D eigenvalue weighted by molar-refractivity contribution is 0.872. The lowest BCUT2D eigenvalue weighted by atomic mass is 9.83. The maximum Gasteiger partial charge on any atom is 0.354 e. The van der Waals surface area contributed by atoms with Gasteiger partial charge in [-0.25, -0.2) is 0 Å². The molecular formula is C5H9BCl2. The molecule has 0 nitrogen and oxygen atoms in total. The van der Waals surface area contributed by atoms with Gasteiger partial charge in [0.25, 0.3) is 0 Å². The van der Waals surface area contributed by atoms with E-state index in [2.05, 4.69) is 0 Å². The summed E-state index contributed by atoms with van der Waals surface area (Å²) in [5, 5.41) is 0. The van der Waals surface area contributed by atoms with E-state index in [1.54, 1.807) is 0 Å². The summed E-state index contributed by atoms with van der Waals surface area (Å²) in [5.41, 5.74) is -0.113. The Labute approximate surface area is 60.5 Å². The molecule has 0 spiro atoms. The van der Waals surface area contributed by atoms with Crippen molar-refractivity contribution in [1.82, 2.24) is 0 Å². The Bertz CT molecular complexity index is 68.8. The van der Waals surface area contributed by atoms with Crippen LogP contribution in [-0.2, 0) is 0 Å². The Kier molecular flexibility index (Phi) is 2.52. The highest BCUT2D eigenvalue weighted by Gasteiger charge is 2.24. The predicted molar refractivity (Wildman–Crippen MR) is 39.7 cm³/mol. The van der Waals surface area contributed by atoms with E-state index in [1.165, 1.54) is 25.7 Å². The van der Waals surface area contributed by atoms with Crippen LogP contribution in [0.15, 0.2) is 0 Å². The molecule has 1 fully saturated rings. The van der Waals surface area contributed by atoms with Gasteiger partial charge in [-0.15, -0.1) is 0 Å². The number of rotatable bonds is 1. The summed E-state index contributed by atoms with van der Waals surface area (Å²) < 4.78 is 0. The third-order valence-corrected chi connectivity index (χ3v) is 2.47. The van der Waals surface area contributed by atoms with Crippen molar-refractivity contribution in [2.45, 2.75) is 31.5 Å². The molecule has 0 heterocycles. The van der Waals surface area contributed by atoms with E-state index in [0.29, 0.717) is 5.82 Å². The van der Waals surface area contributed by atoms with E-state index in [0.717, 1.165) is 0 Å². The quantitative estimate of drug-likeness (QED) is 0.505. The first-order chi connectivity index (χ1) is 3.80. The van der Waals surface area contributed by atoms with Crippen LogP contribution in [0.3, 0.4) is 0 Å². The molecule has 1 aliphatic carbocycles. The van der Waals surface area contributed by atoms with E-state index in [-0.39, 0.29) is 5.54 Å². The molecule has 0 aliphatic heterocycles. The van der Waals surface area contributed by atoms with Crippen LogP contribution in [0.5, 0.6) is 0 Å². The highest BCUT2D eigenvalue weighted by molar-refractivity contribution is 7.34. The van der Waals surface area contributed by atoms with Gasteiger partial charge in [0.2, 0.25) is 0 Å². The second kappa shape index (κ2) is 2.98. The molecule has 0 bridgehead atoms. The monoisotopic (exact) mass is 150 g/mol. The summed E-state index contributed by atoms with van der Waals surface area (Å²) >= 11 is 11.3. The Morgan fingerprint density at radius 1 is 1.12 bits per heavy atom. The second-order valence-corrected chi connectivity index (χ2v) is 3.54. The van der Waals surface area contributed by atoms with Gasteiger partial charge in [-0.05, 0) is 5.82 Å². The van der Waals surface area contributed by atoms with E-state index in [4.69, 9.17) is 22.9 Å². The normalized spacial score (nSPS) is 21.8. The van der Waals surface area contributed by atoms with Gasteiger partial charge in [0.05, 0.1) is 0 Å². The van der Waals surface area contributed by atoms with Crippen molar-refractivity contribution < 1.29 is 0 Å². The van der Waals surface area contributed by atoms with Crippen LogP contribution in [0.25, 0.3) is 0 Å². The molecule has 0 radical (unpaired) electrons. The number of halogens is 2. The van der Waals surface area contributed by atoms with Crippen LogP contribution in [0.2, 0.25) is 5.82 Å². The van der Waals surface area contributed by atoms with Crippen molar-refractivity contribution in [3.8, 4) is 0 Å². The van der Waals surface area contributed by atoms with Gasteiger partial charge in [-0.1, -0.05) is 25.7 Å². The van der Waals surface area contributed by atoms with E-state index >= 15 is 0 Å². The van der Waals surface area contributed by atoms with Crippen molar-refractivity contribution in [2.75, 3.05) is 0 Å². The maximum absolute atomic E-state index is 5.65. The van der Waals surface area contributed by atoms with Crippen molar-refractivity contribution in [1.29, 1.82) is 0 Å². The maximum atomic E-state index is 5.65. The van der Waals surface area contributed by atoms with Gasteiger partial charge < -0.3 is 0 Å². The molecule has 46 valence electrons. The van der Waals surface area contributed by atoms with E-state index in [1.807, 2.05) is 0 Å². The molecule has 3 heteroatoms. The molecule has 0 unspecified atom stereocenters. The number of hydrogen-bond donors (Lipinski definition) is 0. The fraction of sp³-hybridized carbons (Fsp3) is 1.00. The van der Waals surface area contributed by atoms with Crippen LogP contribution in [0, 0.1) is 0 Å². The third kappa shape index (κ3) is 1.56. The molecule has 0 aromatic heterocycles. The smallest absolute Gasteiger partial charge is 0.171 e. The van der Waals surface area contributed by atoms with Gasteiger partial charge in [0, 0.05) is 0 Å². The molecule has 0 N–H and O–H groups in total. The number of hydrogen-bond acceptors (Lipinski definition) is 0. The molecule has 1 saturated carbocycles. The van der Waals surface area contributed by atoms with Crippen molar-refractivity contribution in [3.63, 3.8) is 0 Å². The standard InChI is InChI=1S/C5H9BCl2/c7-6(8)5-3-1-2-4-5/h5H,1-4H2. The van der Waals surface area contributed by atoms with E-state index < -0.39 is 0 Å². The second-order valence-electron chi connectivity index (χ2n) is 2.38. The molecule has 1 rings (SSSR count). The summed E-state index contributed by atoms with van der Waals surface area (Å²) in [6, 6.07) is 0. The van der Waals surface area contributed by atoms with Crippen LogP contribution in [0.1, 0.15) is 25.7 Å². The minimum atomic E-state index is -0.113. The first-order valence-corrected chi connectivity index (χ1v) is 3.96. The van der Waals surface area contributed by atoms with Gasteiger partial charge >= 0.3 is 5.54 Å². The Hall–Kier alpha value is 0.645. The van der Waals surface area contributed by atoms with Crippen LogP contribution >= 0.6 is 22.9 Å². The van der Waals surface area contributed by atoms with Crippen LogP contribution in [-0.4, -0.2) is 5.54 Å². The topological polar surface area (TPSA) is 0 Å². The van der Waals surface area contributed by atoms with Crippen LogP contribution < -0.4 is 0 Å². The predicted octanol–water partition coefficient (Wildman–Crippen LogP) is 2.90. The molecule has 0 saturated heterocycles. The van der Waals surface area contributed by atoms with Crippen molar-refractivity contribution in [3.05, 3.63) is 0 Å². The van der Waals surface area contributed by atoms with Gasteiger partial charge in [0.15, 0.2) is 0 Å². The largest absolute Gasteiger partial charge is 0.354 e. The van der Waals surface area contributed by atoms with E-state index in [9.17, 15) is 0 Å². The lowest BCUT2D eigenvalue weighted by Crippen LogP contribution is -2.01. The zero-order chi connectivity index (χ0) is 5.98. The van der Waals surface area contributed by atoms with Gasteiger partial charge in [0.1, 0.15) is 0 Å². The van der Waals surface area contributed by atoms with Crippen molar-refractivity contribution >= 4 is 28.5 Å². The minimum Gasteiger partial charge on any atom is -0.171 e. The summed E-state index contributed by atoms with van der Waals surface area (Å²) in [4.78, 5) is 0. The summed E-state index contributed by atoms with van der Waals surface area (Å²) in [6.45, 7) is 0. The Morgan fingerprint density at radius 3 is 1.88 bits per heavy atom. The minimum absolute atomic E-state index is 0.113. The average molecular weight is 151 g/mol. The Morgan fingerprint density at radius 2 is 1.62 bits per heavy atom. The summed E-state index contributed by atoms with van der Waals surface area (Å²) in [6.07, 6.45) is 5.11. The molecule has 8 heavy (non-hydrogen) atoms. The lowest BCUT2D eigenvalue weighted by Gasteiger charge is -2.02. The first-order valence-electron chi connectivity index (χ1n) is 3.09. The molecular weight excluding hydrogens is 142 g/mol. The first kappa shape index (κ1) is 6.76. The summed E-state index contributed by atoms with van der Waals surface area (Å²) in [5.74, 6) is 0.596. The highest BCUT2D eigenvalue weighted by Crippen LogP contribution is 2.35. The highest BCUT2D eigenvalue weighted by atomic mass is 35.5. The zero-order valence-corrected chi connectivity index (χ0v) is 6.25. The fourth-order valence-electron chi connectivity index (χ4n) is 1.21. The molecule has 0 aromatic carbocycles. The third-order valence-electron chi connectivity index (χ3n) is 1.76. The van der Waals surface area contributed by atoms with Gasteiger partial charge in [-0.2, -0.15) is 22.9 Å². The Balaban J connectivity index is 2.24. The molecule has 0 amide bonds. The fourth-order valence-corrected chi connectivity index (χ4v) is 1.71. The molecule has 1 aliphatic rings. The zero-order valence-electron chi connectivity index (χ0n) is 4.74. The van der Waals surface area contributed by atoms with Gasteiger partial charge in [-0.3, -0.25) is 0 Å². The summed E-state index contributed by atoms with van der Waals surface area (Å²) in [7, 11) is 0. The molecule has 0 atom stereocenters. The average Bonchev–Trinajstić information content (AvgIpc) is 2.12. The molecule has 0 aromatic rings. The SMILES string of the molecule is ClB(Cl)C1CCCC1. The van der Waals surface area contributed by atoms with Crippen LogP contribution in [0.4, 0.5) is 0 Å². The van der Waals surface area contributed by atoms with Crippen molar-refractivity contribution in [2.24, 2.45) is 0 Å².